The van der Waals surface area contributed by atoms with Crippen molar-refractivity contribution in [3.63, 3.8) is 0 Å². The number of amides is 2. The Hall–Kier alpha value is -3.71. The van der Waals surface area contributed by atoms with E-state index in [2.05, 4.69) is 10.6 Å². The number of benzene rings is 3. The molecule has 3 rings (SSSR count). The molecular formula is C20H14ClN3O4. The summed E-state index contributed by atoms with van der Waals surface area (Å²) in [6, 6.07) is 18.4. The number of halogens is 1. The Morgan fingerprint density at radius 1 is 0.821 bits per heavy atom. The Bertz CT molecular complexity index is 1030. The molecule has 0 fully saturated rings. The third kappa shape index (κ3) is 4.52. The summed E-state index contributed by atoms with van der Waals surface area (Å²) in [5, 5.41) is 16.7. The average molecular weight is 396 g/mol. The molecule has 2 amide bonds. The summed E-state index contributed by atoms with van der Waals surface area (Å²) < 4.78 is 0. The first-order valence-corrected chi connectivity index (χ1v) is 8.53. The maximum absolute atomic E-state index is 12.6. The van der Waals surface area contributed by atoms with Gasteiger partial charge in [-0.2, -0.15) is 0 Å². The lowest BCUT2D eigenvalue weighted by Crippen LogP contribution is -2.18. The summed E-state index contributed by atoms with van der Waals surface area (Å²) in [7, 11) is 0. The van der Waals surface area contributed by atoms with Gasteiger partial charge in [0, 0.05) is 28.4 Å². The molecule has 0 aliphatic rings. The topological polar surface area (TPSA) is 101 Å². The SMILES string of the molecule is O=C(Nc1ccccc1C(=O)Nc1ccc(Cl)cc1)c1ccc([N+](=O)[O-])cc1. The molecule has 7 nitrogen and oxygen atoms in total. The fourth-order valence-corrected chi connectivity index (χ4v) is 2.58. The van der Waals surface area contributed by atoms with E-state index in [1.807, 2.05) is 0 Å². The lowest BCUT2D eigenvalue weighted by Gasteiger charge is -2.11. The summed E-state index contributed by atoms with van der Waals surface area (Å²) >= 11 is 5.84. The molecule has 3 aromatic carbocycles. The van der Waals surface area contributed by atoms with Gasteiger partial charge in [-0.1, -0.05) is 23.7 Å². The minimum Gasteiger partial charge on any atom is -0.322 e. The van der Waals surface area contributed by atoms with Gasteiger partial charge in [-0.15, -0.1) is 0 Å². The fourth-order valence-electron chi connectivity index (χ4n) is 2.45. The molecule has 0 aliphatic carbocycles. The molecular weight excluding hydrogens is 382 g/mol. The first kappa shape index (κ1) is 19.1. The van der Waals surface area contributed by atoms with Crippen molar-refractivity contribution < 1.29 is 14.5 Å². The van der Waals surface area contributed by atoms with Crippen molar-refractivity contribution in [1.82, 2.24) is 0 Å². The third-order valence-electron chi connectivity index (χ3n) is 3.86. The van der Waals surface area contributed by atoms with E-state index in [1.54, 1.807) is 48.5 Å². The van der Waals surface area contributed by atoms with Crippen LogP contribution in [0.25, 0.3) is 0 Å². The second-order valence-electron chi connectivity index (χ2n) is 5.76. The van der Waals surface area contributed by atoms with Crippen LogP contribution in [0.5, 0.6) is 0 Å². The summed E-state index contributed by atoms with van der Waals surface area (Å²) in [6.45, 7) is 0. The zero-order valence-electron chi connectivity index (χ0n) is 14.4. The molecule has 0 spiro atoms. The van der Waals surface area contributed by atoms with Gasteiger partial charge in [0.2, 0.25) is 0 Å². The van der Waals surface area contributed by atoms with Crippen molar-refractivity contribution in [2.75, 3.05) is 10.6 Å². The Labute approximate surface area is 165 Å². The van der Waals surface area contributed by atoms with Crippen molar-refractivity contribution in [2.24, 2.45) is 0 Å². The van der Waals surface area contributed by atoms with E-state index >= 15 is 0 Å². The second-order valence-corrected chi connectivity index (χ2v) is 6.20. The van der Waals surface area contributed by atoms with E-state index in [1.165, 1.54) is 24.3 Å². The molecule has 0 heterocycles. The molecule has 0 bridgehead atoms. The lowest BCUT2D eigenvalue weighted by atomic mass is 10.1. The smallest absolute Gasteiger partial charge is 0.269 e. The van der Waals surface area contributed by atoms with Gasteiger partial charge in [-0.3, -0.25) is 19.7 Å². The van der Waals surface area contributed by atoms with Crippen molar-refractivity contribution in [3.8, 4) is 0 Å². The van der Waals surface area contributed by atoms with Gasteiger partial charge in [0.15, 0.2) is 0 Å². The van der Waals surface area contributed by atoms with Crippen LogP contribution in [-0.4, -0.2) is 16.7 Å². The minimum absolute atomic E-state index is 0.112. The molecule has 140 valence electrons. The monoisotopic (exact) mass is 395 g/mol. The van der Waals surface area contributed by atoms with Gasteiger partial charge in [0.05, 0.1) is 16.2 Å². The van der Waals surface area contributed by atoms with Crippen LogP contribution in [0.3, 0.4) is 0 Å². The van der Waals surface area contributed by atoms with E-state index in [-0.39, 0.29) is 16.8 Å². The number of nitrogens with one attached hydrogen (secondary N) is 2. The van der Waals surface area contributed by atoms with Gasteiger partial charge in [0.25, 0.3) is 17.5 Å². The largest absolute Gasteiger partial charge is 0.322 e. The van der Waals surface area contributed by atoms with Crippen molar-refractivity contribution in [2.45, 2.75) is 0 Å². The molecule has 0 unspecified atom stereocenters. The van der Waals surface area contributed by atoms with Gasteiger partial charge in [-0.25, -0.2) is 0 Å². The first-order valence-electron chi connectivity index (χ1n) is 8.16. The number of carbonyl (C=O) groups excluding carboxylic acids is 2. The molecule has 8 heteroatoms. The second kappa shape index (κ2) is 8.32. The van der Waals surface area contributed by atoms with Crippen LogP contribution in [0.1, 0.15) is 20.7 Å². The van der Waals surface area contributed by atoms with Crippen LogP contribution in [0.15, 0.2) is 72.8 Å². The molecule has 0 radical (unpaired) electrons. The minimum atomic E-state index is -0.544. The van der Waals surface area contributed by atoms with E-state index < -0.39 is 16.7 Å². The summed E-state index contributed by atoms with van der Waals surface area (Å²) in [6.07, 6.45) is 0. The Morgan fingerprint density at radius 2 is 1.46 bits per heavy atom. The highest BCUT2D eigenvalue weighted by Crippen LogP contribution is 2.20. The maximum Gasteiger partial charge on any atom is 0.269 e. The number of anilines is 2. The Kier molecular flexibility index (Phi) is 5.67. The highest BCUT2D eigenvalue weighted by Gasteiger charge is 2.15. The van der Waals surface area contributed by atoms with Gasteiger partial charge in [0.1, 0.15) is 0 Å². The molecule has 3 aromatic rings. The summed E-state index contributed by atoms with van der Waals surface area (Å²) in [5.41, 5.74) is 1.27. The first-order chi connectivity index (χ1) is 13.4. The number of nitro groups is 1. The van der Waals surface area contributed by atoms with Crippen molar-refractivity contribution >= 4 is 40.5 Å². The van der Waals surface area contributed by atoms with Crippen LogP contribution < -0.4 is 10.6 Å². The number of non-ortho nitro benzene ring substituents is 1. The number of nitrogens with zero attached hydrogens (tertiary/aromatic N) is 1. The number of nitro benzene ring substituents is 1. The number of para-hydroxylation sites is 1. The van der Waals surface area contributed by atoms with Crippen LogP contribution in [0.4, 0.5) is 17.1 Å². The number of hydrogen-bond donors (Lipinski definition) is 2. The van der Waals surface area contributed by atoms with Gasteiger partial charge < -0.3 is 10.6 Å². The molecule has 0 saturated carbocycles. The van der Waals surface area contributed by atoms with Crippen molar-refractivity contribution in [3.05, 3.63) is 99.1 Å². The van der Waals surface area contributed by atoms with Gasteiger partial charge in [-0.05, 0) is 48.5 Å². The molecule has 0 atom stereocenters. The quantitative estimate of drug-likeness (QED) is 0.480. The number of rotatable bonds is 5. The third-order valence-corrected chi connectivity index (χ3v) is 4.11. The predicted molar refractivity (Wildman–Crippen MR) is 107 cm³/mol. The van der Waals surface area contributed by atoms with E-state index in [0.29, 0.717) is 16.4 Å². The van der Waals surface area contributed by atoms with E-state index in [9.17, 15) is 19.7 Å². The average Bonchev–Trinajstić information content (AvgIpc) is 2.70. The lowest BCUT2D eigenvalue weighted by molar-refractivity contribution is -0.384. The highest BCUT2D eigenvalue weighted by molar-refractivity contribution is 6.30. The van der Waals surface area contributed by atoms with Crippen LogP contribution >= 0.6 is 11.6 Å². The fraction of sp³-hybridized carbons (Fsp3) is 0. The predicted octanol–water partition coefficient (Wildman–Crippen LogP) is 4.75. The molecule has 2 N–H and O–H groups in total. The van der Waals surface area contributed by atoms with Crippen LogP contribution in [0, 0.1) is 10.1 Å². The Balaban J connectivity index is 1.77. The van der Waals surface area contributed by atoms with Gasteiger partial charge >= 0.3 is 0 Å². The molecule has 0 saturated heterocycles. The standard InChI is InChI=1S/C20H14ClN3O4/c21-14-7-9-15(10-8-14)22-20(26)17-3-1-2-4-18(17)23-19(25)13-5-11-16(12-6-13)24(27)28/h1-12H,(H,22,26)(H,23,25). The summed E-state index contributed by atoms with van der Waals surface area (Å²) in [4.78, 5) is 35.2. The number of hydrogen-bond acceptors (Lipinski definition) is 4. The molecule has 0 aromatic heterocycles. The zero-order chi connectivity index (χ0) is 20.1. The highest BCUT2D eigenvalue weighted by atomic mass is 35.5. The van der Waals surface area contributed by atoms with Crippen molar-refractivity contribution in [1.29, 1.82) is 0 Å². The number of carbonyl (C=O) groups is 2. The molecule has 28 heavy (non-hydrogen) atoms. The zero-order valence-corrected chi connectivity index (χ0v) is 15.1. The Morgan fingerprint density at radius 3 is 2.11 bits per heavy atom. The van der Waals surface area contributed by atoms with Crippen LogP contribution in [0.2, 0.25) is 5.02 Å². The van der Waals surface area contributed by atoms with Crippen LogP contribution in [-0.2, 0) is 0 Å². The summed E-state index contributed by atoms with van der Waals surface area (Å²) in [5.74, 6) is -0.886. The normalized spacial score (nSPS) is 10.2. The van der Waals surface area contributed by atoms with E-state index in [4.69, 9.17) is 11.6 Å². The van der Waals surface area contributed by atoms with E-state index in [0.717, 1.165) is 0 Å². The maximum atomic E-state index is 12.6. The molecule has 0 aliphatic heterocycles.